The van der Waals surface area contributed by atoms with Crippen molar-refractivity contribution in [3.05, 3.63) is 88.9 Å². The molecular weight excluding hydrogens is 400 g/mol. The molecule has 0 aliphatic heterocycles. The summed E-state index contributed by atoms with van der Waals surface area (Å²) in [5, 5.41) is 0.645. The molecule has 0 N–H and O–H groups in total. The Balaban J connectivity index is 1.76. The Bertz CT molecular complexity index is 972. The van der Waals surface area contributed by atoms with Crippen molar-refractivity contribution >= 4 is 17.6 Å². The minimum absolute atomic E-state index is 0.0419. The van der Waals surface area contributed by atoms with Crippen LogP contribution in [0.1, 0.15) is 38.0 Å². The van der Waals surface area contributed by atoms with Gasteiger partial charge in [0.15, 0.2) is 0 Å². The van der Waals surface area contributed by atoms with Crippen molar-refractivity contribution < 1.29 is 19.0 Å². The molecule has 0 aliphatic carbocycles. The Kier molecular flexibility index (Phi) is 6.68. The summed E-state index contributed by atoms with van der Waals surface area (Å²) in [4.78, 5) is 12.4. The van der Waals surface area contributed by atoms with E-state index in [4.69, 9.17) is 25.8 Å². The number of methoxy groups -OCH3 is 1. The minimum atomic E-state index is -0.875. The van der Waals surface area contributed by atoms with Crippen molar-refractivity contribution in [2.24, 2.45) is 0 Å². The van der Waals surface area contributed by atoms with Crippen molar-refractivity contribution in [3.8, 4) is 17.2 Å². The Morgan fingerprint density at radius 3 is 1.80 bits per heavy atom. The predicted octanol–water partition coefficient (Wildman–Crippen LogP) is 6.72. The molecule has 3 aromatic rings. The van der Waals surface area contributed by atoms with Gasteiger partial charge in [-0.3, -0.25) is 0 Å². The number of esters is 1. The molecular formula is C25H25ClO4. The highest BCUT2D eigenvalue weighted by Crippen LogP contribution is 2.29. The molecule has 4 nitrogen and oxygen atoms in total. The third-order valence-electron chi connectivity index (χ3n) is 4.62. The predicted molar refractivity (Wildman–Crippen MR) is 118 cm³/mol. The third kappa shape index (κ3) is 5.55. The van der Waals surface area contributed by atoms with E-state index in [1.54, 1.807) is 48.5 Å². The molecule has 0 radical (unpaired) electrons. The Labute approximate surface area is 182 Å². The van der Waals surface area contributed by atoms with Crippen LogP contribution in [0.3, 0.4) is 0 Å². The lowest BCUT2D eigenvalue weighted by Crippen LogP contribution is -2.20. The van der Waals surface area contributed by atoms with Crippen LogP contribution in [0.15, 0.2) is 72.8 Å². The van der Waals surface area contributed by atoms with Gasteiger partial charge in [-0.1, -0.05) is 56.6 Å². The molecule has 3 rings (SSSR count). The highest BCUT2D eigenvalue weighted by atomic mass is 35.5. The number of carbonyl (C=O) groups excluding carboxylic acids is 1. The second kappa shape index (κ2) is 9.23. The summed E-state index contributed by atoms with van der Waals surface area (Å²) in [5.41, 5.74) is 1.90. The summed E-state index contributed by atoms with van der Waals surface area (Å²) in [6, 6.07) is 22.0. The first kappa shape index (κ1) is 21.7. The Morgan fingerprint density at radius 2 is 1.30 bits per heavy atom. The highest BCUT2D eigenvalue weighted by Gasteiger charge is 2.24. The Morgan fingerprint density at radius 1 is 0.800 bits per heavy atom. The molecule has 5 heteroatoms. The van der Waals surface area contributed by atoms with Gasteiger partial charge in [-0.05, 0) is 59.5 Å². The molecule has 0 amide bonds. The van der Waals surface area contributed by atoms with Crippen LogP contribution >= 0.6 is 11.6 Å². The van der Waals surface area contributed by atoms with Crippen molar-refractivity contribution in [1.82, 2.24) is 0 Å². The van der Waals surface area contributed by atoms with Gasteiger partial charge in [0.05, 0.1) is 7.11 Å². The fraction of sp³-hybridized carbons (Fsp3) is 0.240. The summed E-state index contributed by atoms with van der Waals surface area (Å²) in [7, 11) is 1.35. The maximum absolute atomic E-state index is 12.4. The molecule has 0 heterocycles. The van der Waals surface area contributed by atoms with Crippen LogP contribution in [0.2, 0.25) is 5.02 Å². The molecule has 30 heavy (non-hydrogen) atoms. The number of hydrogen-bond acceptors (Lipinski definition) is 4. The molecule has 1 unspecified atom stereocenters. The number of halogens is 1. The van der Waals surface area contributed by atoms with E-state index in [1.807, 2.05) is 24.3 Å². The van der Waals surface area contributed by atoms with Gasteiger partial charge in [-0.2, -0.15) is 0 Å². The van der Waals surface area contributed by atoms with Gasteiger partial charge in [0, 0.05) is 10.6 Å². The quantitative estimate of drug-likeness (QED) is 0.412. The van der Waals surface area contributed by atoms with E-state index in [2.05, 4.69) is 20.8 Å². The zero-order valence-corrected chi connectivity index (χ0v) is 18.3. The number of rotatable bonds is 6. The van der Waals surface area contributed by atoms with Crippen LogP contribution in [0, 0.1) is 0 Å². The van der Waals surface area contributed by atoms with E-state index in [0.717, 1.165) is 0 Å². The van der Waals surface area contributed by atoms with Crippen molar-refractivity contribution in [1.29, 1.82) is 0 Å². The molecule has 0 bridgehead atoms. The average molecular weight is 425 g/mol. The minimum Gasteiger partial charge on any atom is -0.474 e. The van der Waals surface area contributed by atoms with Gasteiger partial charge in [0.1, 0.15) is 17.2 Å². The number of carbonyl (C=O) groups is 1. The molecule has 1 atom stereocenters. The fourth-order valence-corrected chi connectivity index (χ4v) is 3.00. The number of ether oxygens (including phenoxy) is 3. The van der Waals surface area contributed by atoms with Crippen molar-refractivity contribution in [3.63, 3.8) is 0 Å². The molecule has 0 aliphatic rings. The number of benzene rings is 3. The lowest BCUT2D eigenvalue weighted by atomic mass is 9.87. The molecule has 0 fully saturated rings. The van der Waals surface area contributed by atoms with Gasteiger partial charge in [0.25, 0.3) is 0 Å². The first-order valence-corrected chi connectivity index (χ1v) is 10.0. The van der Waals surface area contributed by atoms with Gasteiger partial charge < -0.3 is 14.2 Å². The first-order chi connectivity index (χ1) is 14.3. The number of hydrogen-bond donors (Lipinski definition) is 0. The van der Waals surface area contributed by atoms with Gasteiger partial charge in [0.2, 0.25) is 6.10 Å². The maximum Gasteiger partial charge on any atom is 0.351 e. The SMILES string of the molecule is COC(=O)C(Oc1ccc(C(C)(C)C)cc1)c1ccc(Oc2ccc(Cl)cc2)cc1. The van der Waals surface area contributed by atoms with E-state index in [-0.39, 0.29) is 5.41 Å². The van der Waals surface area contributed by atoms with Crippen LogP contribution in [0.25, 0.3) is 0 Å². The van der Waals surface area contributed by atoms with E-state index in [1.165, 1.54) is 12.7 Å². The molecule has 0 saturated carbocycles. The summed E-state index contributed by atoms with van der Waals surface area (Å²) < 4.78 is 16.7. The van der Waals surface area contributed by atoms with E-state index in [0.29, 0.717) is 27.8 Å². The second-order valence-corrected chi connectivity index (χ2v) is 8.36. The second-order valence-electron chi connectivity index (χ2n) is 7.92. The summed E-state index contributed by atoms with van der Waals surface area (Å²) in [6.07, 6.45) is -0.875. The van der Waals surface area contributed by atoms with Crippen LogP contribution < -0.4 is 9.47 Å². The highest BCUT2D eigenvalue weighted by molar-refractivity contribution is 6.30. The van der Waals surface area contributed by atoms with Crippen LogP contribution in [-0.2, 0) is 14.9 Å². The summed E-state index contributed by atoms with van der Waals surface area (Å²) in [5.74, 6) is 1.44. The summed E-state index contributed by atoms with van der Waals surface area (Å²) in [6.45, 7) is 6.44. The topological polar surface area (TPSA) is 44.8 Å². The zero-order chi connectivity index (χ0) is 21.7. The van der Waals surface area contributed by atoms with Crippen molar-refractivity contribution in [2.75, 3.05) is 7.11 Å². The third-order valence-corrected chi connectivity index (χ3v) is 4.87. The van der Waals surface area contributed by atoms with Crippen LogP contribution in [0.5, 0.6) is 17.2 Å². The molecule has 3 aromatic carbocycles. The first-order valence-electron chi connectivity index (χ1n) is 9.65. The van der Waals surface area contributed by atoms with Crippen LogP contribution in [-0.4, -0.2) is 13.1 Å². The van der Waals surface area contributed by atoms with Crippen LogP contribution in [0.4, 0.5) is 0 Å². The van der Waals surface area contributed by atoms with Gasteiger partial charge in [-0.15, -0.1) is 0 Å². The molecule has 0 spiro atoms. The van der Waals surface area contributed by atoms with E-state index < -0.39 is 12.1 Å². The van der Waals surface area contributed by atoms with Crippen molar-refractivity contribution in [2.45, 2.75) is 32.3 Å². The normalized spacial score (nSPS) is 12.2. The standard InChI is InChI=1S/C25H25ClO4/c1-25(2,3)18-7-13-22(14-8-18)30-23(24(27)28-4)17-5-11-20(12-6-17)29-21-15-9-19(26)10-16-21/h5-16,23H,1-4H3. The zero-order valence-electron chi connectivity index (χ0n) is 17.5. The van der Waals surface area contributed by atoms with E-state index in [9.17, 15) is 4.79 Å². The van der Waals surface area contributed by atoms with E-state index >= 15 is 0 Å². The largest absolute Gasteiger partial charge is 0.474 e. The van der Waals surface area contributed by atoms with Gasteiger partial charge >= 0.3 is 5.97 Å². The lowest BCUT2D eigenvalue weighted by molar-refractivity contribution is -0.149. The lowest BCUT2D eigenvalue weighted by Gasteiger charge is -2.21. The fourth-order valence-electron chi connectivity index (χ4n) is 2.88. The average Bonchev–Trinajstić information content (AvgIpc) is 2.73. The monoisotopic (exact) mass is 424 g/mol. The Hall–Kier alpha value is -2.98. The maximum atomic E-state index is 12.4. The molecule has 156 valence electrons. The summed E-state index contributed by atoms with van der Waals surface area (Å²) >= 11 is 5.90. The molecule has 0 aromatic heterocycles. The van der Waals surface area contributed by atoms with Gasteiger partial charge in [-0.25, -0.2) is 4.79 Å². The smallest absolute Gasteiger partial charge is 0.351 e. The molecule has 0 saturated heterocycles.